The molecule has 0 radical (unpaired) electrons. The molecular weight excluding hydrogens is 192 g/mol. The normalized spacial score (nSPS) is 10.1. The molecule has 0 saturated carbocycles. The molecule has 0 aliphatic carbocycles. The smallest absolute Gasteiger partial charge is 0.339 e. The van der Waals surface area contributed by atoms with Gasteiger partial charge in [0.05, 0.1) is 7.11 Å². The van der Waals surface area contributed by atoms with E-state index in [1.807, 2.05) is 13.0 Å². The first-order chi connectivity index (χ1) is 7.10. The number of methoxy groups -OCH3 is 1. The maximum absolute atomic E-state index is 11.0. The highest BCUT2D eigenvalue weighted by atomic mass is 16.5. The Hall–Kier alpha value is -1.51. The van der Waals surface area contributed by atoms with Crippen LogP contribution in [0.15, 0.2) is 12.1 Å². The van der Waals surface area contributed by atoms with E-state index < -0.39 is 5.97 Å². The van der Waals surface area contributed by atoms with Crippen LogP contribution in [0.3, 0.4) is 0 Å². The predicted molar refractivity (Wildman–Crippen MR) is 58.7 cm³/mol. The lowest BCUT2D eigenvalue weighted by atomic mass is 10.0. The third-order valence-electron chi connectivity index (χ3n) is 2.26. The molecule has 0 saturated heterocycles. The molecule has 3 nitrogen and oxygen atoms in total. The van der Waals surface area contributed by atoms with Crippen molar-refractivity contribution < 1.29 is 14.6 Å². The van der Waals surface area contributed by atoms with Gasteiger partial charge in [0, 0.05) is 0 Å². The van der Waals surface area contributed by atoms with Crippen LogP contribution < -0.4 is 4.74 Å². The first-order valence-electron chi connectivity index (χ1n) is 5.01. The van der Waals surface area contributed by atoms with Crippen molar-refractivity contribution >= 4 is 5.97 Å². The lowest BCUT2D eigenvalue weighted by Crippen LogP contribution is -2.04. The van der Waals surface area contributed by atoms with Gasteiger partial charge in [-0.1, -0.05) is 19.4 Å². The van der Waals surface area contributed by atoms with Crippen molar-refractivity contribution in [1.82, 2.24) is 0 Å². The molecule has 15 heavy (non-hydrogen) atoms. The molecule has 0 aromatic heterocycles. The summed E-state index contributed by atoms with van der Waals surface area (Å²) in [6, 6.07) is 3.62. The lowest BCUT2D eigenvalue weighted by Gasteiger charge is -2.11. The Balaban J connectivity index is 3.31. The molecule has 0 bridgehead atoms. The van der Waals surface area contributed by atoms with Crippen LogP contribution in [0.5, 0.6) is 5.75 Å². The van der Waals surface area contributed by atoms with Gasteiger partial charge in [-0.3, -0.25) is 0 Å². The zero-order valence-electron chi connectivity index (χ0n) is 9.33. The van der Waals surface area contributed by atoms with Gasteiger partial charge < -0.3 is 9.84 Å². The molecule has 0 fully saturated rings. The Morgan fingerprint density at radius 1 is 1.47 bits per heavy atom. The number of hydrogen-bond donors (Lipinski definition) is 1. The van der Waals surface area contributed by atoms with E-state index in [0.717, 1.165) is 24.0 Å². The first kappa shape index (κ1) is 11.6. The Bertz CT molecular complexity index is 369. The van der Waals surface area contributed by atoms with Crippen LogP contribution in [0.1, 0.15) is 34.8 Å². The van der Waals surface area contributed by atoms with Crippen molar-refractivity contribution in [2.24, 2.45) is 0 Å². The fourth-order valence-corrected chi connectivity index (χ4v) is 1.70. The van der Waals surface area contributed by atoms with Crippen LogP contribution in [0.4, 0.5) is 0 Å². The lowest BCUT2D eigenvalue weighted by molar-refractivity contribution is 0.0693. The first-order valence-corrected chi connectivity index (χ1v) is 5.01. The van der Waals surface area contributed by atoms with Gasteiger partial charge in [-0.15, -0.1) is 0 Å². The fourth-order valence-electron chi connectivity index (χ4n) is 1.70. The van der Waals surface area contributed by atoms with Crippen molar-refractivity contribution in [1.29, 1.82) is 0 Å². The second-order valence-electron chi connectivity index (χ2n) is 3.56. The number of rotatable bonds is 4. The molecule has 0 aliphatic rings. The van der Waals surface area contributed by atoms with Gasteiger partial charge in [0.2, 0.25) is 0 Å². The summed E-state index contributed by atoms with van der Waals surface area (Å²) in [5.41, 5.74) is 2.18. The van der Waals surface area contributed by atoms with E-state index >= 15 is 0 Å². The second kappa shape index (κ2) is 4.82. The average molecular weight is 208 g/mol. The molecule has 0 spiro atoms. The van der Waals surface area contributed by atoms with Gasteiger partial charge in [-0.2, -0.15) is 0 Å². The highest BCUT2D eigenvalue weighted by Gasteiger charge is 2.15. The minimum absolute atomic E-state index is 0.251. The number of carbonyl (C=O) groups is 1. The summed E-state index contributed by atoms with van der Waals surface area (Å²) in [5, 5.41) is 9.03. The van der Waals surface area contributed by atoms with Crippen molar-refractivity contribution in [3.05, 3.63) is 28.8 Å². The monoisotopic (exact) mass is 208 g/mol. The zero-order chi connectivity index (χ0) is 11.4. The van der Waals surface area contributed by atoms with Crippen LogP contribution in [0.2, 0.25) is 0 Å². The predicted octanol–water partition coefficient (Wildman–Crippen LogP) is 2.65. The molecule has 0 heterocycles. The van der Waals surface area contributed by atoms with Crippen molar-refractivity contribution in [2.45, 2.75) is 26.7 Å². The molecule has 0 atom stereocenters. The molecule has 1 aromatic carbocycles. The summed E-state index contributed by atoms with van der Waals surface area (Å²) >= 11 is 0. The Labute approximate surface area is 89.7 Å². The number of carboxylic acids is 1. The Morgan fingerprint density at radius 3 is 2.60 bits per heavy atom. The number of aromatic carboxylic acids is 1. The third-order valence-corrected chi connectivity index (χ3v) is 2.26. The third kappa shape index (κ3) is 2.49. The van der Waals surface area contributed by atoms with Gasteiger partial charge in [0.15, 0.2) is 0 Å². The molecular formula is C12H16O3. The van der Waals surface area contributed by atoms with E-state index in [9.17, 15) is 4.79 Å². The summed E-state index contributed by atoms with van der Waals surface area (Å²) in [7, 11) is 1.51. The summed E-state index contributed by atoms with van der Waals surface area (Å²) < 4.78 is 5.16. The Kier molecular flexibility index (Phi) is 3.72. The minimum Gasteiger partial charge on any atom is -0.496 e. The fraction of sp³-hybridized carbons (Fsp3) is 0.417. The number of carboxylic acid groups (broad SMARTS) is 1. The van der Waals surface area contributed by atoms with Gasteiger partial charge in [0.25, 0.3) is 0 Å². The van der Waals surface area contributed by atoms with Crippen LogP contribution in [-0.4, -0.2) is 18.2 Å². The second-order valence-corrected chi connectivity index (χ2v) is 3.56. The van der Waals surface area contributed by atoms with Crippen molar-refractivity contribution in [3.63, 3.8) is 0 Å². The zero-order valence-corrected chi connectivity index (χ0v) is 9.33. The molecule has 82 valence electrons. The van der Waals surface area contributed by atoms with Gasteiger partial charge in [-0.05, 0) is 30.5 Å². The van der Waals surface area contributed by atoms with Gasteiger partial charge in [-0.25, -0.2) is 4.79 Å². The highest BCUT2D eigenvalue weighted by Crippen LogP contribution is 2.26. The Morgan fingerprint density at radius 2 is 2.13 bits per heavy atom. The maximum Gasteiger partial charge on any atom is 0.339 e. The van der Waals surface area contributed by atoms with E-state index in [2.05, 4.69) is 6.92 Å². The van der Waals surface area contributed by atoms with Crippen molar-refractivity contribution in [2.75, 3.05) is 7.11 Å². The molecule has 1 N–H and O–H groups in total. The van der Waals surface area contributed by atoms with Crippen LogP contribution in [0, 0.1) is 6.92 Å². The topological polar surface area (TPSA) is 46.5 Å². The standard InChI is InChI=1S/C12H16O3/c1-4-5-9-6-8(2)7-10(12(13)14)11(9)15-3/h6-7H,4-5H2,1-3H3,(H,13,14). The van der Waals surface area contributed by atoms with Crippen molar-refractivity contribution in [3.8, 4) is 5.75 Å². The number of benzene rings is 1. The molecule has 1 aromatic rings. The van der Waals surface area contributed by atoms with Crippen LogP contribution >= 0.6 is 0 Å². The van der Waals surface area contributed by atoms with Gasteiger partial charge in [0.1, 0.15) is 11.3 Å². The van der Waals surface area contributed by atoms with Crippen LogP contribution in [0.25, 0.3) is 0 Å². The van der Waals surface area contributed by atoms with Gasteiger partial charge >= 0.3 is 5.97 Å². The molecule has 3 heteroatoms. The molecule has 0 unspecified atom stereocenters. The quantitative estimate of drug-likeness (QED) is 0.827. The van der Waals surface area contributed by atoms with E-state index in [-0.39, 0.29) is 5.56 Å². The minimum atomic E-state index is -0.937. The molecule has 0 aliphatic heterocycles. The van der Waals surface area contributed by atoms with E-state index in [4.69, 9.17) is 9.84 Å². The largest absolute Gasteiger partial charge is 0.496 e. The summed E-state index contributed by atoms with van der Waals surface area (Å²) in [4.78, 5) is 11.0. The number of ether oxygens (including phenoxy) is 1. The SMILES string of the molecule is CCCc1cc(C)cc(C(=O)O)c1OC. The van der Waals surface area contributed by atoms with E-state index in [1.165, 1.54) is 7.11 Å². The van der Waals surface area contributed by atoms with E-state index in [1.54, 1.807) is 6.07 Å². The summed E-state index contributed by atoms with van der Waals surface area (Å²) in [6.07, 6.45) is 1.81. The molecule has 0 amide bonds. The summed E-state index contributed by atoms with van der Waals surface area (Å²) in [6.45, 7) is 3.95. The molecule has 1 rings (SSSR count). The summed E-state index contributed by atoms with van der Waals surface area (Å²) in [5.74, 6) is -0.442. The van der Waals surface area contributed by atoms with E-state index in [0.29, 0.717) is 5.75 Å². The average Bonchev–Trinajstić information content (AvgIpc) is 2.17. The maximum atomic E-state index is 11.0. The van der Waals surface area contributed by atoms with Crippen LogP contribution in [-0.2, 0) is 6.42 Å². The highest BCUT2D eigenvalue weighted by molar-refractivity contribution is 5.91. The number of hydrogen-bond acceptors (Lipinski definition) is 2. The number of aryl methyl sites for hydroxylation is 2.